The van der Waals surface area contributed by atoms with E-state index in [0.717, 1.165) is 30.6 Å². The van der Waals surface area contributed by atoms with Crippen LogP contribution in [-0.2, 0) is 14.3 Å². The fraction of sp³-hybridized carbons (Fsp3) is 0.500. The number of para-hydroxylation sites is 1. The molecular weight excluding hydrogens is 268 g/mol. The first-order valence-electron chi connectivity index (χ1n) is 7.37. The topological polar surface area (TPSA) is 58.6 Å². The predicted octanol–water partition coefficient (Wildman–Crippen LogP) is 1.61. The van der Waals surface area contributed by atoms with Crippen molar-refractivity contribution in [2.45, 2.75) is 18.8 Å². The van der Waals surface area contributed by atoms with Crippen molar-refractivity contribution < 1.29 is 14.3 Å². The highest BCUT2D eigenvalue weighted by molar-refractivity contribution is 6.03. The number of hydrogen-bond donors (Lipinski definition) is 1. The van der Waals surface area contributed by atoms with Gasteiger partial charge in [0.05, 0.1) is 5.92 Å². The molecule has 2 aliphatic rings. The average Bonchev–Trinajstić information content (AvgIpc) is 2.83. The molecule has 5 heteroatoms. The standard InChI is InChI=1S/C16H20N2O3/c1-21-10-14(19)18-8-4-5-11(9-18)15-12-6-2-3-7-13(12)17-16(15)20/h2-3,6-7,11,15H,4-5,8-10H2,1H3,(H,17,20)/t11-,15-/m1/s1. The van der Waals surface area contributed by atoms with Gasteiger partial charge in [-0.3, -0.25) is 9.59 Å². The maximum atomic E-state index is 12.3. The van der Waals surface area contributed by atoms with Crippen molar-refractivity contribution >= 4 is 17.5 Å². The van der Waals surface area contributed by atoms with Gasteiger partial charge < -0.3 is 15.0 Å². The second-order valence-electron chi connectivity index (χ2n) is 5.73. The van der Waals surface area contributed by atoms with Gasteiger partial charge in [0.25, 0.3) is 0 Å². The molecule has 1 saturated heterocycles. The van der Waals surface area contributed by atoms with Crippen LogP contribution in [0.15, 0.2) is 24.3 Å². The molecule has 0 unspecified atom stereocenters. The van der Waals surface area contributed by atoms with Crippen LogP contribution >= 0.6 is 0 Å². The van der Waals surface area contributed by atoms with Gasteiger partial charge in [-0.1, -0.05) is 18.2 Å². The van der Waals surface area contributed by atoms with E-state index in [9.17, 15) is 9.59 Å². The molecule has 1 aromatic carbocycles. The molecule has 0 spiro atoms. The average molecular weight is 288 g/mol. The molecule has 2 amide bonds. The quantitative estimate of drug-likeness (QED) is 0.919. The molecule has 0 radical (unpaired) electrons. The predicted molar refractivity (Wildman–Crippen MR) is 79.0 cm³/mol. The first-order chi connectivity index (χ1) is 10.2. The van der Waals surface area contributed by atoms with E-state index in [1.807, 2.05) is 29.2 Å². The zero-order valence-electron chi connectivity index (χ0n) is 12.2. The zero-order valence-corrected chi connectivity index (χ0v) is 12.2. The van der Waals surface area contributed by atoms with Gasteiger partial charge in [-0.2, -0.15) is 0 Å². The third kappa shape index (κ3) is 2.65. The van der Waals surface area contributed by atoms with E-state index in [0.29, 0.717) is 6.54 Å². The minimum absolute atomic E-state index is 0.00823. The maximum Gasteiger partial charge on any atom is 0.248 e. The summed E-state index contributed by atoms with van der Waals surface area (Å²) in [5, 5.41) is 2.95. The highest BCUT2D eigenvalue weighted by atomic mass is 16.5. The van der Waals surface area contributed by atoms with Gasteiger partial charge in [0.1, 0.15) is 6.61 Å². The second-order valence-corrected chi connectivity index (χ2v) is 5.73. The first kappa shape index (κ1) is 14.1. The van der Waals surface area contributed by atoms with Crippen LogP contribution in [0.5, 0.6) is 0 Å². The summed E-state index contributed by atoms with van der Waals surface area (Å²) in [5.74, 6) is 0.110. The Bertz CT molecular complexity index is 558. The number of likely N-dealkylation sites (tertiary alicyclic amines) is 1. The molecule has 0 aromatic heterocycles. The molecule has 2 heterocycles. The highest BCUT2D eigenvalue weighted by Crippen LogP contribution is 2.40. The summed E-state index contributed by atoms with van der Waals surface area (Å²) in [7, 11) is 1.53. The van der Waals surface area contributed by atoms with E-state index in [4.69, 9.17) is 4.74 Å². The van der Waals surface area contributed by atoms with Crippen LogP contribution < -0.4 is 5.32 Å². The molecule has 1 fully saturated rings. The lowest BCUT2D eigenvalue weighted by Crippen LogP contribution is -2.44. The number of nitrogens with one attached hydrogen (secondary N) is 1. The summed E-state index contributed by atoms with van der Waals surface area (Å²) in [4.78, 5) is 26.1. The van der Waals surface area contributed by atoms with Gasteiger partial charge >= 0.3 is 0 Å². The number of benzene rings is 1. The van der Waals surface area contributed by atoms with Crippen molar-refractivity contribution in [3.05, 3.63) is 29.8 Å². The highest BCUT2D eigenvalue weighted by Gasteiger charge is 2.39. The minimum Gasteiger partial charge on any atom is -0.375 e. The van der Waals surface area contributed by atoms with Gasteiger partial charge in [0, 0.05) is 25.9 Å². The molecule has 1 N–H and O–H groups in total. The van der Waals surface area contributed by atoms with Crippen LogP contribution in [0.4, 0.5) is 5.69 Å². The van der Waals surface area contributed by atoms with Gasteiger partial charge in [-0.05, 0) is 30.4 Å². The van der Waals surface area contributed by atoms with Crippen molar-refractivity contribution in [1.82, 2.24) is 4.90 Å². The summed E-state index contributed by atoms with van der Waals surface area (Å²) in [6.45, 7) is 1.50. The number of ether oxygens (including phenoxy) is 1. The van der Waals surface area contributed by atoms with Gasteiger partial charge in [0.2, 0.25) is 11.8 Å². The molecule has 0 bridgehead atoms. The molecule has 112 valence electrons. The lowest BCUT2D eigenvalue weighted by molar-refractivity contribution is -0.137. The molecule has 1 aromatic rings. The van der Waals surface area contributed by atoms with Gasteiger partial charge in [-0.25, -0.2) is 0 Å². The normalized spacial score (nSPS) is 24.6. The molecule has 21 heavy (non-hydrogen) atoms. The van der Waals surface area contributed by atoms with Crippen LogP contribution in [0.3, 0.4) is 0 Å². The molecule has 2 aliphatic heterocycles. The smallest absolute Gasteiger partial charge is 0.248 e. The molecule has 0 saturated carbocycles. The van der Waals surface area contributed by atoms with Crippen molar-refractivity contribution in [1.29, 1.82) is 0 Å². The third-order valence-electron chi connectivity index (χ3n) is 4.39. The first-order valence-corrected chi connectivity index (χ1v) is 7.37. The van der Waals surface area contributed by atoms with Gasteiger partial charge in [-0.15, -0.1) is 0 Å². The Balaban J connectivity index is 1.77. The summed E-state index contributed by atoms with van der Waals surface area (Å²) >= 11 is 0. The van der Waals surface area contributed by atoms with Crippen LogP contribution in [-0.4, -0.2) is 43.5 Å². The van der Waals surface area contributed by atoms with Crippen LogP contribution in [0.2, 0.25) is 0 Å². The summed E-state index contributed by atoms with van der Waals surface area (Å²) in [5.41, 5.74) is 1.97. The Labute approximate surface area is 124 Å². The number of anilines is 1. The fourth-order valence-electron chi connectivity index (χ4n) is 3.43. The third-order valence-corrected chi connectivity index (χ3v) is 4.39. The number of hydrogen-bond acceptors (Lipinski definition) is 3. The lowest BCUT2D eigenvalue weighted by Gasteiger charge is -2.35. The van der Waals surface area contributed by atoms with Crippen LogP contribution in [0.1, 0.15) is 24.3 Å². The number of carbonyl (C=O) groups is 2. The SMILES string of the molecule is COCC(=O)N1CCC[C@@H]([C@H]2C(=O)Nc3ccccc32)C1. The largest absolute Gasteiger partial charge is 0.375 e. The number of methoxy groups -OCH3 is 1. The second kappa shape index (κ2) is 5.85. The molecular formula is C16H20N2O3. The number of fused-ring (bicyclic) bond motifs is 1. The summed E-state index contributed by atoms with van der Waals surface area (Å²) < 4.78 is 4.92. The maximum absolute atomic E-state index is 12.3. The number of carbonyl (C=O) groups excluding carboxylic acids is 2. The van der Waals surface area contributed by atoms with Crippen molar-refractivity contribution in [3.63, 3.8) is 0 Å². The minimum atomic E-state index is -0.139. The van der Waals surface area contributed by atoms with E-state index >= 15 is 0 Å². The van der Waals surface area contributed by atoms with Crippen LogP contribution in [0.25, 0.3) is 0 Å². The van der Waals surface area contributed by atoms with E-state index in [2.05, 4.69) is 5.32 Å². The number of piperidine rings is 1. The molecule has 5 nitrogen and oxygen atoms in total. The van der Waals surface area contributed by atoms with E-state index in [1.54, 1.807) is 0 Å². The summed E-state index contributed by atoms with van der Waals surface area (Å²) in [6, 6.07) is 7.83. The Hall–Kier alpha value is -1.88. The van der Waals surface area contributed by atoms with Crippen molar-refractivity contribution in [3.8, 4) is 0 Å². The Morgan fingerprint density at radius 1 is 1.43 bits per heavy atom. The Morgan fingerprint density at radius 2 is 2.24 bits per heavy atom. The molecule has 0 aliphatic carbocycles. The van der Waals surface area contributed by atoms with E-state index in [-0.39, 0.29) is 30.3 Å². The lowest BCUT2D eigenvalue weighted by atomic mass is 9.82. The van der Waals surface area contributed by atoms with E-state index < -0.39 is 0 Å². The Kier molecular flexibility index (Phi) is 3.92. The Morgan fingerprint density at radius 3 is 3.05 bits per heavy atom. The number of nitrogens with zero attached hydrogens (tertiary/aromatic N) is 1. The molecule has 3 rings (SSSR count). The zero-order chi connectivity index (χ0) is 14.8. The van der Waals surface area contributed by atoms with Crippen molar-refractivity contribution in [2.24, 2.45) is 5.92 Å². The number of amides is 2. The molecule has 2 atom stereocenters. The fourth-order valence-corrected chi connectivity index (χ4v) is 3.43. The monoisotopic (exact) mass is 288 g/mol. The van der Waals surface area contributed by atoms with Crippen LogP contribution in [0, 0.1) is 5.92 Å². The number of rotatable bonds is 3. The summed E-state index contributed by atoms with van der Waals surface area (Å²) in [6.07, 6.45) is 1.91. The van der Waals surface area contributed by atoms with Gasteiger partial charge in [0.15, 0.2) is 0 Å². The van der Waals surface area contributed by atoms with E-state index in [1.165, 1.54) is 7.11 Å². The van der Waals surface area contributed by atoms with Crippen molar-refractivity contribution in [2.75, 3.05) is 32.1 Å².